The van der Waals surface area contributed by atoms with E-state index in [4.69, 9.17) is 0 Å². The zero-order chi connectivity index (χ0) is 14.5. The highest BCUT2D eigenvalue weighted by Gasteiger charge is 2.22. The topological polar surface area (TPSA) is 28.2 Å². The van der Waals surface area contributed by atoms with Gasteiger partial charge in [0.25, 0.3) is 0 Å². The first kappa shape index (κ1) is 15.8. The van der Waals surface area contributed by atoms with Gasteiger partial charge in [0, 0.05) is 19.3 Å². The minimum atomic E-state index is 0.724. The average molecular weight is 340 g/mol. The van der Waals surface area contributed by atoms with Crippen molar-refractivity contribution in [1.29, 1.82) is 0 Å². The molecule has 1 aliphatic rings. The van der Waals surface area contributed by atoms with E-state index in [1.165, 1.54) is 18.4 Å². The lowest BCUT2D eigenvalue weighted by Gasteiger charge is -2.34. The molecule has 0 saturated carbocycles. The molecule has 0 aromatic carbocycles. The van der Waals surface area contributed by atoms with Crippen molar-refractivity contribution in [3.63, 3.8) is 0 Å². The molecule has 1 saturated heterocycles. The third kappa shape index (κ3) is 4.19. The zero-order valence-electron chi connectivity index (χ0n) is 12.8. The third-order valence-electron chi connectivity index (χ3n) is 3.87. The molecule has 1 atom stereocenters. The molecule has 1 fully saturated rings. The van der Waals surface area contributed by atoms with Crippen LogP contribution in [-0.4, -0.2) is 31.2 Å². The van der Waals surface area contributed by atoms with Crippen LogP contribution in [0.3, 0.4) is 0 Å². The Balaban J connectivity index is 1.94. The van der Waals surface area contributed by atoms with Crippen LogP contribution >= 0.6 is 15.9 Å². The Morgan fingerprint density at radius 2 is 2.30 bits per heavy atom. The van der Waals surface area contributed by atoms with Gasteiger partial charge in [0.15, 0.2) is 0 Å². The number of anilines is 1. The van der Waals surface area contributed by atoms with Crippen LogP contribution in [0.5, 0.6) is 0 Å². The van der Waals surface area contributed by atoms with Crippen LogP contribution in [0.25, 0.3) is 0 Å². The Kier molecular flexibility index (Phi) is 5.85. The second-order valence-corrected chi connectivity index (χ2v) is 7.06. The van der Waals surface area contributed by atoms with Crippen LogP contribution in [0.1, 0.15) is 32.3 Å². The smallest absolute Gasteiger partial charge is 0.143 e. The number of aromatic nitrogens is 1. The van der Waals surface area contributed by atoms with E-state index in [-0.39, 0.29) is 0 Å². The number of hydrogen-bond acceptors (Lipinski definition) is 3. The molecule has 112 valence electrons. The van der Waals surface area contributed by atoms with Crippen molar-refractivity contribution in [2.75, 3.05) is 31.1 Å². The first-order valence-corrected chi connectivity index (χ1v) is 8.44. The molecule has 0 aliphatic carbocycles. The molecule has 4 heteroatoms. The van der Waals surface area contributed by atoms with E-state index in [9.17, 15) is 0 Å². The summed E-state index contributed by atoms with van der Waals surface area (Å²) in [5, 5.41) is 3.59. The normalized spacial score (nSPS) is 19.6. The van der Waals surface area contributed by atoms with Crippen molar-refractivity contribution in [3.05, 3.63) is 22.3 Å². The van der Waals surface area contributed by atoms with E-state index in [2.05, 4.69) is 58.0 Å². The molecule has 1 unspecified atom stereocenters. The Bertz CT molecular complexity index is 434. The highest BCUT2D eigenvalue weighted by molar-refractivity contribution is 9.10. The van der Waals surface area contributed by atoms with Gasteiger partial charge < -0.3 is 10.2 Å². The highest BCUT2D eigenvalue weighted by atomic mass is 79.9. The fourth-order valence-electron chi connectivity index (χ4n) is 2.75. The summed E-state index contributed by atoms with van der Waals surface area (Å²) in [6, 6.07) is 2.05. The Morgan fingerprint density at radius 3 is 3.05 bits per heavy atom. The molecule has 1 aromatic heterocycles. The average Bonchev–Trinajstić information content (AvgIpc) is 2.42. The molecule has 0 amide bonds. The van der Waals surface area contributed by atoms with Crippen molar-refractivity contribution >= 4 is 21.7 Å². The minimum absolute atomic E-state index is 0.724. The lowest BCUT2D eigenvalue weighted by molar-refractivity contribution is 0.381. The maximum atomic E-state index is 4.56. The van der Waals surface area contributed by atoms with Gasteiger partial charge in [0.1, 0.15) is 5.82 Å². The SMILES string of the molecule is Cc1ccnc(N2CCCC(CNCC(C)C)C2)c1Br. The molecule has 1 N–H and O–H groups in total. The number of piperidine rings is 1. The molecule has 0 radical (unpaired) electrons. The number of nitrogens with one attached hydrogen (secondary N) is 1. The lowest BCUT2D eigenvalue weighted by Crippen LogP contribution is -2.40. The summed E-state index contributed by atoms with van der Waals surface area (Å²) in [5.74, 6) is 2.57. The van der Waals surface area contributed by atoms with Crippen molar-refractivity contribution in [1.82, 2.24) is 10.3 Å². The first-order valence-electron chi connectivity index (χ1n) is 7.64. The van der Waals surface area contributed by atoms with Gasteiger partial charge in [-0.3, -0.25) is 0 Å². The summed E-state index contributed by atoms with van der Waals surface area (Å²) in [4.78, 5) is 7.00. The van der Waals surface area contributed by atoms with E-state index >= 15 is 0 Å². The van der Waals surface area contributed by atoms with E-state index in [0.29, 0.717) is 0 Å². The second kappa shape index (κ2) is 7.41. The predicted molar refractivity (Wildman–Crippen MR) is 89.3 cm³/mol. The van der Waals surface area contributed by atoms with E-state index < -0.39 is 0 Å². The van der Waals surface area contributed by atoms with Crippen molar-refractivity contribution in [2.45, 2.75) is 33.6 Å². The van der Waals surface area contributed by atoms with Gasteiger partial charge >= 0.3 is 0 Å². The fraction of sp³-hybridized carbons (Fsp3) is 0.688. The van der Waals surface area contributed by atoms with E-state index in [1.54, 1.807) is 0 Å². The van der Waals surface area contributed by atoms with Crippen LogP contribution in [0.15, 0.2) is 16.7 Å². The molecular weight excluding hydrogens is 314 g/mol. The Hall–Kier alpha value is -0.610. The summed E-state index contributed by atoms with van der Waals surface area (Å²) in [7, 11) is 0. The number of pyridine rings is 1. The van der Waals surface area contributed by atoms with Crippen LogP contribution in [0.4, 0.5) is 5.82 Å². The maximum Gasteiger partial charge on any atom is 0.143 e. The molecule has 0 spiro atoms. The zero-order valence-corrected chi connectivity index (χ0v) is 14.4. The number of aryl methyl sites for hydroxylation is 1. The molecule has 2 rings (SSSR count). The number of hydrogen-bond donors (Lipinski definition) is 1. The standard InChI is InChI=1S/C16H26BrN3/c1-12(2)9-18-10-14-5-4-8-20(11-14)16-15(17)13(3)6-7-19-16/h6-7,12,14,18H,4-5,8-11H2,1-3H3. The Labute approximate surface area is 131 Å². The third-order valence-corrected chi connectivity index (χ3v) is 4.85. The molecule has 20 heavy (non-hydrogen) atoms. The molecule has 1 aromatic rings. The summed E-state index contributed by atoms with van der Waals surface area (Å²) in [5.41, 5.74) is 1.26. The maximum absolute atomic E-state index is 4.56. The lowest BCUT2D eigenvalue weighted by atomic mass is 9.97. The van der Waals surface area contributed by atoms with Crippen LogP contribution in [0, 0.1) is 18.8 Å². The van der Waals surface area contributed by atoms with Crippen molar-refractivity contribution in [3.8, 4) is 0 Å². The Morgan fingerprint density at radius 1 is 1.50 bits per heavy atom. The van der Waals surface area contributed by atoms with Gasteiger partial charge in [-0.25, -0.2) is 4.98 Å². The first-order chi connectivity index (χ1) is 9.58. The molecule has 3 nitrogen and oxygen atoms in total. The predicted octanol–water partition coefficient (Wildman–Crippen LogP) is 3.61. The number of rotatable bonds is 5. The summed E-state index contributed by atoms with van der Waals surface area (Å²) in [6.07, 6.45) is 4.50. The van der Waals surface area contributed by atoms with E-state index in [1.807, 2.05) is 6.20 Å². The minimum Gasteiger partial charge on any atom is -0.355 e. The van der Waals surface area contributed by atoms with Gasteiger partial charge in [0.05, 0.1) is 4.47 Å². The highest BCUT2D eigenvalue weighted by Crippen LogP contribution is 2.30. The molecule has 2 heterocycles. The monoisotopic (exact) mass is 339 g/mol. The van der Waals surface area contributed by atoms with E-state index in [0.717, 1.165) is 48.3 Å². The van der Waals surface area contributed by atoms with Gasteiger partial charge in [-0.15, -0.1) is 0 Å². The molecule has 0 bridgehead atoms. The van der Waals surface area contributed by atoms with Crippen molar-refractivity contribution < 1.29 is 0 Å². The van der Waals surface area contributed by atoms with Gasteiger partial charge in [0.2, 0.25) is 0 Å². The van der Waals surface area contributed by atoms with Gasteiger partial charge in [-0.2, -0.15) is 0 Å². The summed E-state index contributed by atoms with van der Waals surface area (Å²) in [6.45, 7) is 11.1. The van der Waals surface area contributed by atoms with Crippen LogP contribution in [-0.2, 0) is 0 Å². The fourth-order valence-corrected chi connectivity index (χ4v) is 3.23. The van der Waals surface area contributed by atoms with Crippen LogP contribution < -0.4 is 10.2 Å². The van der Waals surface area contributed by atoms with Gasteiger partial charge in [-0.05, 0) is 72.3 Å². The summed E-state index contributed by atoms with van der Waals surface area (Å²) < 4.78 is 1.15. The quantitative estimate of drug-likeness (QED) is 0.887. The largest absolute Gasteiger partial charge is 0.355 e. The van der Waals surface area contributed by atoms with Gasteiger partial charge in [-0.1, -0.05) is 13.8 Å². The number of halogens is 1. The molecular formula is C16H26BrN3. The number of nitrogens with zero attached hydrogens (tertiary/aromatic N) is 2. The summed E-state index contributed by atoms with van der Waals surface area (Å²) >= 11 is 3.69. The van der Waals surface area contributed by atoms with Crippen LogP contribution in [0.2, 0.25) is 0 Å². The second-order valence-electron chi connectivity index (χ2n) is 6.27. The molecule has 1 aliphatic heterocycles. The van der Waals surface area contributed by atoms with Crippen molar-refractivity contribution in [2.24, 2.45) is 11.8 Å².